The number of ether oxygens (including phenoxy) is 2. The van der Waals surface area contributed by atoms with Crippen molar-refractivity contribution >= 4 is 19.8 Å². The normalized spacial score (nSPS) is 13.7. The van der Waals surface area contributed by atoms with Crippen LogP contribution in [0.15, 0.2) is 134 Å². The van der Waals surface area contributed by atoms with Crippen LogP contribution in [0.1, 0.15) is 335 Å². The summed E-state index contributed by atoms with van der Waals surface area (Å²) in [5.74, 6) is -0.894. The van der Waals surface area contributed by atoms with Gasteiger partial charge in [0, 0.05) is 19.4 Å². The third kappa shape index (κ3) is 75.1. The van der Waals surface area contributed by atoms with Gasteiger partial charge in [-0.1, -0.05) is 347 Å². The van der Waals surface area contributed by atoms with E-state index in [1.165, 1.54) is 212 Å². The maximum atomic E-state index is 12.7. The molecule has 0 saturated heterocycles. The molecule has 0 radical (unpaired) electrons. The Labute approximate surface area is 561 Å². The molecule has 522 valence electrons. The Hall–Kier alpha value is -3.85. The summed E-state index contributed by atoms with van der Waals surface area (Å²) in [6.45, 7) is 3.57. The molecule has 0 saturated carbocycles. The largest absolute Gasteiger partial charge is 0.472 e. The van der Waals surface area contributed by atoms with E-state index < -0.39 is 32.5 Å². The van der Waals surface area contributed by atoms with Crippen LogP contribution < -0.4 is 5.73 Å². The number of esters is 2. The van der Waals surface area contributed by atoms with Crippen LogP contribution >= 0.6 is 7.82 Å². The van der Waals surface area contributed by atoms with Gasteiger partial charge in [-0.25, -0.2) is 4.57 Å². The van der Waals surface area contributed by atoms with Crippen LogP contribution in [0.4, 0.5) is 0 Å². The van der Waals surface area contributed by atoms with E-state index in [2.05, 4.69) is 141 Å². The smallest absolute Gasteiger partial charge is 0.462 e. The Kier molecular flexibility index (Phi) is 72.0. The van der Waals surface area contributed by atoms with E-state index in [-0.39, 0.29) is 32.6 Å². The highest BCUT2D eigenvalue weighted by Crippen LogP contribution is 2.43. The molecule has 0 spiro atoms. The number of nitrogens with two attached hydrogens (primary N) is 1. The Morgan fingerprint density at radius 1 is 0.341 bits per heavy atom. The van der Waals surface area contributed by atoms with Gasteiger partial charge in [-0.2, -0.15) is 0 Å². The molecule has 0 aliphatic carbocycles. The molecule has 0 aliphatic rings. The third-order valence-corrected chi connectivity index (χ3v) is 17.0. The highest BCUT2D eigenvalue weighted by atomic mass is 31.2. The summed E-state index contributed by atoms with van der Waals surface area (Å²) in [5, 5.41) is 0. The molecule has 0 aliphatic heterocycles. The fourth-order valence-corrected chi connectivity index (χ4v) is 11.3. The molecule has 0 aromatic carbocycles. The summed E-state index contributed by atoms with van der Waals surface area (Å²) >= 11 is 0. The molecule has 3 N–H and O–H groups in total. The van der Waals surface area contributed by atoms with Gasteiger partial charge in [0.1, 0.15) is 6.61 Å². The highest BCUT2D eigenvalue weighted by molar-refractivity contribution is 7.47. The van der Waals surface area contributed by atoms with Gasteiger partial charge in [0.25, 0.3) is 0 Å². The van der Waals surface area contributed by atoms with Gasteiger partial charge in [0.15, 0.2) is 6.10 Å². The quantitative estimate of drug-likeness (QED) is 0.0264. The van der Waals surface area contributed by atoms with Gasteiger partial charge in [0.05, 0.1) is 13.2 Å². The Morgan fingerprint density at radius 3 is 0.934 bits per heavy atom. The van der Waals surface area contributed by atoms with Crippen molar-refractivity contribution in [1.82, 2.24) is 0 Å². The highest BCUT2D eigenvalue weighted by Gasteiger charge is 2.26. The number of phosphoric ester groups is 1. The second-order valence-corrected chi connectivity index (χ2v) is 26.2. The first kappa shape index (κ1) is 87.2. The van der Waals surface area contributed by atoms with Crippen LogP contribution in [0.25, 0.3) is 0 Å². The van der Waals surface area contributed by atoms with Gasteiger partial charge in [0.2, 0.25) is 0 Å². The number of allylic oxidation sites excluding steroid dienone is 22. The first-order chi connectivity index (χ1) is 44.8. The van der Waals surface area contributed by atoms with Crippen molar-refractivity contribution < 1.29 is 37.6 Å². The number of unbranched alkanes of at least 4 members (excludes halogenated alkanes) is 35. The predicted molar refractivity (Wildman–Crippen MR) is 394 cm³/mol. The maximum absolute atomic E-state index is 12.7. The minimum atomic E-state index is -4.42. The van der Waals surface area contributed by atoms with E-state index in [4.69, 9.17) is 24.3 Å². The van der Waals surface area contributed by atoms with Crippen LogP contribution in [0.2, 0.25) is 0 Å². The summed E-state index contributed by atoms with van der Waals surface area (Å²) in [7, 11) is -4.42. The predicted octanol–water partition coefficient (Wildman–Crippen LogP) is 25.2. The number of phosphoric acid groups is 1. The van der Waals surface area contributed by atoms with Crippen molar-refractivity contribution in [3.63, 3.8) is 0 Å². The van der Waals surface area contributed by atoms with E-state index in [1.807, 2.05) is 6.08 Å². The lowest BCUT2D eigenvalue weighted by Gasteiger charge is -2.19. The number of hydrogen-bond acceptors (Lipinski definition) is 8. The molecule has 10 heteroatoms. The molecule has 9 nitrogen and oxygen atoms in total. The molecule has 2 unspecified atom stereocenters. The number of hydrogen-bond donors (Lipinski definition) is 2. The first-order valence-electron chi connectivity index (χ1n) is 37.7. The van der Waals surface area contributed by atoms with Gasteiger partial charge >= 0.3 is 19.8 Å². The first-order valence-corrected chi connectivity index (χ1v) is 39.2. The van der Waals surface area contributed by atoms with Crippen LogP contribution in [-0.4, -0.2) is 49.3 Å². The van der Waals surface area contributed by atoms with Gasteiger partial charge in [-0.15, -0.1) is 0 Å². The van der Waals surface area contributed by atoms with Crippen LogP contribution in [0.5, 0.6) is 0 Å². The van der Waals surface area contributed by atoms with Crippen molar-refractivity contribution in [2.24, 2.45) is 5.73 Å². The number of carbonyl (C=O) groups is 2. The number of carbonyl (C=O) groups excluding carboxylic acids is 2. The monoisotopic (exact) mass is 1290 g/mol. The van der Waals surface area contributed by atoms with Crippen molar-refractivity contribution in [2.75, 3.05) is 26.4 Å². The summed E-state index contributed by atoms with van der Waals surface area (Å²) < 4.78 is 33.1. The minimum absolute atomic E-state index is 0.0388. The van der Waals surface area contributed by atoms with E-state index >= 15 is 0 Å². The lowest BCUT2D eigenvalue weighted by atomic mass is 10.0. The molecule has 91 heavy (non-hydrogen) atoms. The van der Waals surface area contributed by atoms with E-state index in [0.717, 1.165) is 83.5 Å². The van der Waals surface area contributed by atoms with Gasteiger partial charge in [-0.05, 0) is 109 Å². The summed E-state index contributed by atoms with van der Waals surface area (Å²) in [6, 6.07) is 0. The summed E-state index contributed by atoms with van der Waals surface area (Å²) in [5.41, 5.74) is 5.40. The summed E-state index contributed by atoms with van der Waals surface area (Å²) in [6.07, 6.45) is 107. The topological polar surface area (TPSA) is 134 Å². The van der Waals surface area contributed by atoms with Crippen LogP contribution in [0.3, 0.4) is 0 Å². The van der Waals surface area contributed by atoms with Crippen LogP contribution in [-0.2, 0) is 32.7 Å². The lowest BCUT2D eigenvalue weighted by Crippen LogP contribution is -2.29. The third-order valence-electron chi connectivity index (χ3n) is 16.0. The molecule has 0 bridgehead atoms. The Bertz CT molecular complexity index is 1960. The molecule has 0 amide bonds. The lowest BCUT2D eigenvalue weighted by molar-refractivity contribution is -0.161. The summed E-state index contributed by atoms with van der Waals surface area (Å²) in [4.78, 5) is 35.3. The van der Waals surface area contributed by atoms with Crippen molar-refractivity contribution in [3.05, 3.63) is 134 Å². The number of rotatable bonds is 70. The molecule has 0 aromatic heterocycles. The fourth-order valence-electron chi connectivity index (χ4n) is 10.5. The fraction of sp³-hybridized carbons (Fsp3) is 0.704. The molecule has 0 fully saturated rings. The second kappa shape index (κ2) is 75.2. The maximum Gasteiger partial charge on any atom is 0.472 e. The van der Waals surface area contributed by atoms with Crippen molar-refractivity contribution in [2.45, 2.75) is 341 Å². The van der Waals surface area contributed by atoms with Gasteiger partial charge < -0.3 is 20.1 Å². The van der Waals surface area contributed by atoms with E-state index in [9.17, 15) is 19.0 Å². The minimum Gasteiger partial charge on any atom is -0.462 e. The molecular weight excluding hydrogens is 1150 g/mol. The SMILES string of the molecule is CC/C=C\C/C=C\C/C=C\C/C=C\C/C=C\C/C=C\C/C=C\C/C=C\C/C=C\CCCC(=O)OC(COC(=O)CCCCCCCCCCCCCCCCCCCCCCCCCCCCCCC/C=C\C/C=C\CCCCCCC)COP(=O)(O)OCCN. The standard InChI is InChI=1S/C81H140NO8P/c1-3-5-7-9-11-13-15-17-19-21-23-25-27-29-31-33-34-35-36-37-38-39-40-41-42-43-44-46-47-49-51-53-55-57-59-61-63-65-67-69-71-73-80(83)87-77-79(78-89-91(85,86)88-76-75-82)90-81(84)74-72-70-68-66-64-62-60-58-56-54-52-50-48-45-32-30-28-26-24-22-20-18-16-14-12-10-8-6-4-2/h6,8,12,14-15,17-18,20-21,23-24,26,30,32,48,50,54,56,60,62,66,68,79H,3-5,7,9-11,13,16,19,22,25,27-29,31,33-47,49,51-53,55,57-59,61,63-65,67,69-78,82H2,1-2H3,(H,85,86)/b8-6-,14-12-,17-15-,20-18-,23-21-,26-24-,32-30-,50-48-,56-54-,62-60-,68-66-. The molecule has 0 rings (SSSR count). The van der Waals surface area contributed by atoms with E-state index in [1.54, 1.807) is 0 Å². The molecule has 0 aromatic rings. The average molecular weight is 1290 g/mol. The van der Waals surface area contributed by atoms with Crippen LogP contribution in [0, 0.1) is 0 Å². The van der Waals surface area contributed by atoms with Crippen molar-refractivity contribution in [1.29, 1.82) is 0 Å². The molecular formula is C81H140NO8P. The van der Waals surface area contributed by atoms with Crippen molar-refractivity contribution in [3.8, 4) is 0 Å². The van der Waals surface area contributed by atoms with E-state index in [0.29, 0.717) is 12.8 Å². The molecule has 2 atom stereocenters. The van der Waals surface area contributed by atoms with Gasteiger partial charge in [-0.3, -0.25) is 18.6 Å². The Morgan fingerprint density at radius 2 is 0.615 bits per heavy atom. The average Bonchev–Trinajstić information content (AvgIpc) is 3.68. The zero-order chi connectivity index (χ0) is 65.8. The molecule has 0 heterocycles. The second-order valence-electron chi connectivity index (χ2n) is 24.8. The zero-order valence-electron chi connectivity index (χ0n) is 58.8. The zero-order valence-corrected chi connectivity index (χ0v) is 59.7. The Balaban J connectivity index is 3.87.